The fraction of sp³-hybridized carbons (Fsp3) is 0.667. The maximum absolute atomic E-state index is 5.67. The smallest absolute Gasteiger partial charge is 0.148 e. The Hall–Kier alpha value is -1.20. The monoisotopic (exact) mass is 235 g/mol. The van der Waals surface area contributed by atoms with E-state index < -0.39 is 0 Å². The molecule has 2 heterocycles. The van der Waals surface area contributed by atoms with Crippen molar-refractivity contribution in [3.63, 3.8) is 0 Å². The molecule has 1 aliphatic heterocycles. The summed E-state index contributed by atoms with van der Waals surface area (Å²) in [6.45, 7) is 4.92. The number of hydrogen-bond donors (Lipinski definition) is 2. The van der Waals surface area contributed by atoms with Crippen molar-refractivity contribution in [3.05, 3.63) is 17.8 Å². The lowest BCUT2D eigenvalue weighted by molar-refractivity contribution is 0.410. The van der Waals surface area contributed by atoms with E-state index in [-0.39, 0.29) is 6.04 Å². The van der Waals surface area contributed by atoms with Crippen LogP contribution in [0.3, 0.4) is 0 Å². The van der Waals surface area contributed by atoms with Gasteiger partial charge < -0.3 is 16.0 Å². The molecule has 1 fully saturated rings. The van der Waals surface area contributed by atoms with E-state index in [9.17, 15) is 0 Å². The number of rotatable bonds is 4. The molecule has 2 unspecified atom stereocenters. The highest BCUT2D eigenvalue weighted by Gasteiger charge is 2.22. The number of likely N-dealkylation sites (N-methyl/N-ethyl adjacent to an activating group) is 1. The Bertz CT molecular complexity index is 348. The molecule has 94 valence electrons. The molecule has 0 bridgehead atoms. The van der Waals surface area contributed by atoms with Gasteiger partial charge in [0.25, 0.3) is 0 Å². The molecule has 0 aliphatic carbocycles. The van der Waals surface area contributed by atoms with E-state index >= 15 is 0 Å². The molecule has 0 amide bonds. The first-order valence-electron chi connectivity index (χ1n) is 6.17. The molecule has 17 heavy (non-hydrogen) atoms. The number of hydrogen-bond acceptors (Lipinski definition) is 5. The summed E-state index contributed by atoms with van der Waals surface area (Å²) >= 11 is 0. The molecule has 1 aromatic rings. The van der Waals surface area contributed by atoms with Gasteiger partial charge in [0.2, 0.25) is 0 Å². The number of aromatic nitrogens is 2. The lowest BCUT2D eigenvalue weighted by atomic mass is 10.1. The predicted molar refractivity (Wildman–Crippen MR) is 69.0 cm³/mol. The van der Waals surface area contributed by atoms with E-state index in [1.807, 2.05) is 13.0 Å². The van der Waals surface area contributed by atoms with Crippen molar-refractivity contribution in [2.75, 3.05) is 32.0 Å². The lowest BCUT2D eigenvalue weighted by Gasteiger charge is -2.11. The summed E-state index contributed by atoms with van der Waals surface area (Å²) in [6.07, 6.45) is 1.18. The van der Waals surface area contributed by atoms with Gasteiger partial charge >= 0.3 is 0 Å². The summed E-state index contributed by atoms with van der Waals surface area (Å²) in [5.74, 6) is 1.34. The third-order valence-electron chi connectivity index (χ3n) is 3.10. The predicted octanol–water partition coefficient (Wildman–Crippen LogP) is 0.655. The molecule has 2 rings (SSSR count). The van der Waals surface area contributed by atoms with E-state index in [4.69, 9.17) is 5.73 Å². The van der Waals surface area contributed by atoms with Gasteiger partial charge in [-0.3, -0.25) is 0 Å². The Balaban J connectivity index is 1.93. The third kappa shape index (κ3) is 3.38. The Morgan fingerprint density at radius 1 is 1.53 bits per heavy atom. The molecule has 2 atom stereocenters. The van der Waals surface area contributed by atoms with E-state index in [1.54, 1.807) is 0 Å². The van der Waals surface area contributed by atoms with Crippen molar-refractivity contribution < 1.29 is 0 Å². The normalized spacial score (nSPS) is 22.6. The molecular weight excluding hydrogens is 214 g/mol. The Morgan fingerprint density at radius 3 is 2.88 bits per heavy atom. The second kappa shape index (κ2) is 5.42. The molecule has 1 aromatic heterocycles. The molecule has 0 aromatic carbocycles. The standard InChI is InChI=1S/C12H21N5/c1-9(13)7-14-12-4-3-11(15-16-12)10-5-6-17(2)8-10/h3-4,9-10H,5-8,13H2,1-2H3,(H,14,16). The van der Waals surface area contributed by atoms with Gasteiger partial charge in [-0.2, -0.15) is 5.10 Å². The molecule has 5 heteroatoms. The van der Waals surface area contributed by atoms with Gasteiger partial charge in [-0.1, -0.05) is 0 Å². The van der Waals surface area contributed by atoms with Crippen molar-refractivity contribution in [3.8, 4) is 0 Å². The lowest BCUT2D eigenvalue weighted by Crippen LogP contribution is -2.25. The van der Waals surface area contributed by atoms with Crippen LogP contribution in [0.25, 0.3) is 0 Å². The molecular formula is C12H21N5. The zero-order valence-corrected chi connectivity index (χ0v) is 10.6. The van der Waals surface area contributed by atoms with Crippen molar-refractivity contribution in [1.29, 1.82) is 0 Å². The van der Waals surface area contributed by atoms with Gasteiger partial charge in [0.1, 0.15) is 5.82 Å². The maximum Gasteiger partial charge on any atom is 0.148 e. The zero-order valence-electron chi connectivity index (χ0n) is 10.6. The number of nitrogens with one attached hydrogen (secondary N) is 1. The van der Waals surface area contributed by atoms with E-state index in [0.29, 0.717) is 5.92 Å². The highest BCUT2D eigenvalue weighted by atomic mass is 15.2. The molecule has 0 saturated carbocycles. The van der Waals surface area contributed by atoms with Crippen LogP contribution in [0.2, 0.25) is 0 Å². The number of nitrogens with zero attached hydrogens (tertiary/aromatic N) is 3. The largest absolute Gasteiger partial charge is 0.367 e. The van der Waals surface area contributed by atoms with Gasteiger partial charge in [0.15, 0.2) is 0 Å². The highest BCUT2D eigenvalue weighted by Crippen LogP contribution is 2.24. The summed E-state index contributed by atoms with van der Waals surface area (Å²) < 4.78 is 0. The minimum absolute atomic E-state index is 0.125. The molecule has 0 radical (unpaired) electrons. The van der Waals surface area contributed by atoms with Crippen LogP contribution in [-0.2, 0) is 0 Å². The van der Waals surface area contributed by atoms with Gasteiger partial charge in [0.05, 0.1) is 5.69 Å². The fourth-order valence-corrected chi connectivity index (χ4v) is 2.10. The van der Waals surface area contributed by atoms with E-state index in [1.165, 1.54) is 6.42 Å². The van der Waals surface area contributed by atoms with Crippen LogP contribution in [0.4, 0.5) is 5.82 Å². The van der Waals surface area contributed by atoms with E-state index in [2.05, 4.69) is 33.5 Å². The van der Waals surface area contributed by atoms with E-state index in [0.717, 1.165) is 31.1 Å². The molecule has 0 spiro atoms. The van der Waals surface area contributed by atoms with Gasteiger partial charge in [-0.25, -0.2) is 0 Å². The summed E-state index contributed by atoms with van der Waals surface area (Å²) in [7, 11) is 2.14. The molecule has 1 aliphatic rings. The Labute approximate surface area is 102 Å². The second-order valence-corrected chi connectivity index (χ2v) is 4.95. The zero-order chi connectivity index (χ0) is 12.3. The second-order valence-electron chi connectivity index (χ2n) is 4.95. The quantitative estimate of drug-likeness (QED) is 0.802. The van der Waals surface area contributed by atoms with Crippen LogP contribution in [0.5, 0.6) is 0 Å². The van der Waals surface area contributed by atoms with Crippen molar-refractivity contribution in [2.24, 2.45) is 5.73 Å². The maximum atomic E-state index is 5.67. The Kier molecular flexibility index (Phi) is 3.91. The van der Waals surface area contributed by atoms with Crippen molar-refractivity contribution in [2.45, 2.75) is 25.3 Å². The summed E-state index contributed by atoms with van der Waals surface area (Å²) in [5.41, 5.74) is 6.77. The first-order valence-corrected chi connectivity index (χ1v) is 6.17. The summed E-state index contributed by atoms with van der Waals surface area (Å²) in [4.78, 5) is 2.33. The SMILES string of the molecule is CC(N)CNc1ccc(C2CCN(C)C2)nn1. The summed E-state index contributed by atoms with van der Waals surface area (Å²) in [6, 6.07) is 4.18. The Morgan fingerprint density at radius 2 is 2.35 bits per heavy atom. The average Bonchev–Trinajstić information content (AvgIpc) is 2.74. The fourth-order valence-electron chi connectivity index (χ4n) is 2.10. The average molecular weight is 235 g/mol. The van der Waals surface area contributed by atoms with Crippen molar-refractivity contribution in [1.82, 2.24) is 15.1 Å². The summed E-state index contributed by atoms with van der Waals surface area (Å²) in [5, 5.41) is 11.6. The van der Waals surface area contributed by atoms with Gasteiger partial charge in [-0.05, 0) is 39.1 Å². The van der Waals surface area contributed by atoms with Crippen LogP contribution >= 0.6 is 0 Å². The first kappa shape index (κ1) is 12.3. The van der Waals surface area contributed by atoms with Gasteiger partial charge in [-0.15, -0.1) is 5.10 Å². The van der Waals surface area contributed by atoms with Crippen LogP contribution in [0.1, 0.15) is 25.0 Å². The molecule has 5 nitrogen and oxygen atoms in total. The topological polar surface area (TPSA) is 67.1 Å². The van der Waals surface area contributed by atoms with Gasteiger partial charge in [0, 0.05) is 25.0 Å². The minimum Gasteiger partial charge on any atom is -0.367 e. The molecule has 1 saturated heterocycles. The number of likely N-dealkylation sites (tertiary alicyclic amines) is 1. The first-order chi connectivity index (χ1) is 8.15. The third-order valence-corrected chi connectivity index (χ3v) is 3.10. The van der Waals surface area contributed by atoms with Crippen molar-refractivity contribution >= 4 is 5.82 Å². The van der Waals surface area contributed by atoms with Crippen LogP contribution < -0.4 is 11.1 Å². The number of nitrogens with two attached hydrogens (primary N) is 1. The van der Waals surface area contributed by atoms with Crippen LogP contribution in [0.15, 0.2) is 12.1 Å². The minimum atomic E-state index is 0.125. The molecule has 3 N–H and O–H groups in total. The van der Waals surface area contributed by atoms with Crippen LogP contribution in [-0.4, -0.2) is 47.8 Å². The number of anilines is 1. The van der Waals surface area contributed by atoms with Crippen LogP contribution in [0, 0.1) is 0 Å². The highest BCUT2D eigenvalue weighted by molar-refractivity contribution is 5.33.